The molecule has 0 bridgehead atoms. The third-order valence-electron chi connectivity index (χ3n) is 2.55. The van der Waals surface area contributed by atoms with Crippen LogP contribution in [0, 0.1) is 6.92 Å². The Morgan fingerprint density at radius 3 is 3.00 bits per heavy atom. The summed E-state index contributed by atoms with van der Waals surface area (Å²) in [4.78, 5) is 2.77. The van der Waals surface area contributed by atoms with Gasteiger partial charge in [-0.05, 0) is 41.0 Å². The highest BCUT2D eigenvalue weighted by atomic mass is 79.9. The molecule has 92 valence electrons. The van der Waals surface area contributed by atoms with E-state index >= 15 is 0 Å². The molecule has 0 amide bonds. The van der Waals surface area contributed by atoms with Gasteiger partial charge in [-0.3, -0.25) is 4.68 Å². The molecule has 2 aromatic heterocycles. The lowest BCUT2D eigenvalue weighted by Gasteiger charge is -1.99. The van der Waals surface area contributed by atoms with Gasteiger partial charge in [-0.15, -0.1) is 11.3 Å². The van der Waals surface area contributed by atoms with Crippen LogP contribution in [0.3, 0.4) is 0 Å². The van der Waals surface area contributed by atoms with Crippen LogP contribution < -0.4 is 5.32 Å². The van der Waals surface area contributed by atoms with Crippen molar-refractivity contribution in [2.75, 3.05) is 6.54 Å². The smallest absolute Gasteiger partial charge is 0.0670 e. The van der Waals surface area contributed by atoms with Gasteiger partial charge in [0.1, 0.15) is 0 Å². The predicted octanol–water partition coefficient (Wildman–Crippen LogP) is 3.17. The lowest BCUT2D eigenvalue weighted by Crippen LogP contribution is -2.10. The van der Waals surface area contributed by atoms with Crippen molar-refractivity contribution in [1.29, 1.82) is 0 Å². The van der Waals surface area contributed by atoms with E-state index in [9.17, 15) is 0 Å². The van der Waals surface area contributed by atoms with E-state index in [-0.39, 0.29) is 0 Å². The van der Waals surface area contributed by atoms with Crippen molar-refractivity contribution in [3.8, 4) is 0 Å². The number of nitrogens with zero attached hydrogens (tertiary/aromatic N) is 2. The molecule has 0 unspecified atom stereocenters. The second-order valence-electron chi connectivity index (χ2n) is 3.93. The number of aryl methyl sites for hydroxylation is 1. The van der Waals surface area contributed by atoms with Gasteiger partial charge in [-0.25, -0.2) is 0 Å². The second kappa shape index (κ2) is 5.80. The second-order valence-corrected chi connectivity index (χ2v) is 6.19. The molecule has 0 aliphatic carbocycles. The van der Waals surface area contributed by atoms with E-state index in [1.54, 1.807) is 0 Å². The molecule has 5 heteroatoms. The molecule has 0 atom stereocenters. The zero-order valence-electron chi connectivity index (χ0n) is 10.0. The molecule has 0 saturated heterocycles. The molecule has 0 aliphatic rings. The molecular weight excluding hydrogens is 298 g/mol. The highest BCUT2D eigenvalue weighted by Crippen LogP contribution is 2.22. The molecule has 0 spiro atoms. The lowest BCUT2D eigenvalue weighted by molar-refractivity contribution is 0.684. The molecule has 2 rings (SSSR count). The maximum Gasteiger partial charge on any atom is 0.0670 e. The minimum absolute atomic E-state index is 0.847. The Hall–Kier alpha value is -0.650. The number of halogens is 1. The molecule has 3 nitrogen and oxygen atoms in total. The van der Waals surface area contributed by atoms with Crippen LogP contribution >= 0.6 is 27.3 Å². The highest BCUT2D eigenvalue weighted by Gasteiger charge is 2.06. The monoisotopic (exact) mass is 313 g/mol. The Bertz CT molecular complexity index is 490. The zero-order valence-corrected chi connectivity index (χ0v) is 12.4. The van der Waals surface area contributed by atoms with E-state index in [1.807, 2.05) is 28.4 Å². The first-order chi connectivity index (χ1) is 8.19. The standard InChI is InChI=1S/C12H16BrN3S/c1-3-14-6-12-4-10(9(2)17-12)7-16-8-11(13)5-15-16/h4-5,8,14H,3,6-7H2,1-2H3. The first kappa shape index (κ1) is 12.8. The number of aromatic nitrogens is 2. The Balaban J connectivity index is 2.07. The highest BCUT2D eigenvalue weighted by molar-refractivity contribution is 9.10. The SMILES string of the molecule is CCNCc1cc(Cn2cc(Br)cn2)c(C)s1. The average molecular weight is 314 g/mol. The van der Waals surface area contributed by atoms with Gasteiger partial charge in [0.25, 0.3) is 0 Å². The van der Waals surface area contributed by atoms with Crippen LogP contribution in [0.5, 0.6) is 0 Å². The van der Waals surface area contributed by atoms with Crippen LogP contribution in [0.4, 0.5) is 0 Å². The molecule has 0 aromatic carbocycles. The van der Waals surface area contributed by atoms with E-state index in [0.29, 0.717) is 0 Å². The Labute approximate surface area is 114 Å². The van der Waals surface area contributed by atoms with Crippen molar-refractivity contribution in [2.24, 2.45) is 0 Å². The van der Waals surface area contributed by atoms with Gasteiger partial charge in [0.2, 0.25) is 0 Å². The van der Waals surface area contributed by atoms with Crippen LogP contribution in [0.25, 0.3) is 0 Å². The summed E-state index contributed by atoms with van der Waals surface area (Å²) < 4.78 is 2.98. The summed E-state index contributed by atoms with van der Waals surface area (Å²) in [5.41, 5.74) is 1.36. The van der Waals surface area contributed by atoms with E-state index in [2.05, 4.69) is 46.3 Å². The van der Waals surface area contributed by atoms with Gasteiger partial charge in [-0.2, -0.15) is 5.10 Å². The zero-order chi connectivity index (χ0) is 12.3. The Kier molecular flexibility index (Phi) is 4.36. The van der Waals surface area contributed by atoms with E-state index in [0.717, 1.165) is 24.1 Å². The fraction of sp³-hybridized carbons (Fsp3) is 0.417. The molecule has 17 heavy (non-hydrogen) atoms. The number of hydrogen-bond acceptors (Lipinski definition) is 3. The number of rotatable bonds is 5. The Morgan fingerprint density at radius 1 is 1.53 bits per heavy atom. The van der Waals surface area contributed by atoms with Crippen molar-refractivity contribution in [3.05, 3.63) is 38.3 Å². The molecule has 0 aliphatic heterocycles. The van der Waals surface area contributed by atoms with Crippen LogP contribution in [-0.4, -0.2) is 16.3 Å². The van der Waals surface area contributed by atoms with Crippen molar-refractivity contribution in [3.63, 3.8) is 0 Å². The minimum Gasteiger partial charge on any atom is -0.312 e. The third-order valence-corrected chi connectivity index (χ3v) is 4.06. The Morgan fingerprint density at radius 2 is 2.35 bits per heavy atom. The van der Waals surface area contributed by atoms with Crippen molar-refractivity contribution in [2.45, 2.75) is 26.9 Å². The lowest BCUT2D eigenvalue weighted by atomic mass is 10.2. The first-order valence-corrected chi connectivity index (χ1v) is 7.27. The van der Waals surface area contributed by atoms with Crippen LogP contribution in [0.1, 0.15) is 22.2 Å². The predicted molar refractivity (Wildman–Crippen MR) is 75.5 cm³/mol. The van der Waals surface area contributed by atoms with Gasteiger partial charge < -0.3 is 5.32 Å². The molecule has 0 radical (unpaired) electrons. The maximum absolute atomic E-state index is 4.28. The summed E-state index contributed by atoms with van der Waals surface area (Å²) in [7, 11) is 0. The number of thiophene rings is 1. The number of hydrogen-bond donors (Lipinski definition) is 1. The van der Waals surface area contributed by atoms with E-state index in [4.69, 9.17) is 0 Å². The third kappa shape index (κ3) is 3.40. The molecule has 0 fully saturated rings. The molecule has 2 aromatic rings. The fourth-order valence-electron chi connectivity index (χ4n) is 1.68. The van der Waals surface area contributed by atoms with Crippen molar-refractivity contribution >= 4 is 27.3 Å². The minimum atomic E-state index is 0.847. The topological polar surface area (TPSA) is 29.9 Å². The summed E-state index contributed by atoms with van der Waals surface area (Å²) in [6.45, 7) is 7.12. The first-order valence-electron chi connectivity index (χ1n) is 5.66. The number of nitrogens with one attached hydrogen (secondary N) is 1. The van der Waals surface area contributed by atoms with Gasteiger partial charge in [0.15, 0.2) is 0 Å². The summed E-state index contributed by atoms with van der Waals surface area (Å²) in [5, 5.41) is 7.64. The van der Waals surface area contributed by atoms with Crippen LogP contribution in [-0.2, 0) is 13.1 Å². The van der Waals surface area contributed by atoms with Gasteiger partial charge in [0.05, 0.1) is 17.2 Å². The van der Waals surface area contributed by atoms with Crippen molar-refractivity contribution < 1.29 is 0 Å². The maximum atomic E-state index is 4.28. The summed E-state index contributed by atoms with van der Waals surface area (Å²) in [5.74, 6) is 0. The van der Waals surface area contributed by atoms with Crippen LogP contribution in [0.2, 0.25) is 0 Å². The summed E-state index contributed by atoms with van der Waals surface area (Å²) in [6.07, 6.45) is 3.82. The summed E-state index contributed by atoms with van der Waals surface area (Å²) >= 11 is 5.28. The van der Waals surface area contributed by atoms with Crippen molar-refractivity contribution in [1.82, 2.24) is 15.1 Å². The van der Waals surface area contributed by atoms with E-state index < -0.39 is 0 Å². The molecule has 1 N–H and O–H groups in total. The van der Waals surface area contributed by atoms with Gasteiger partial charge in [0, 0.05) is 22.5 Å². The van der Waals surface area contributed by atoms with Gasteiger partial charge in [-0.1, -0.05) is 6.92 Å². The van der Waals surface area contributed by atoms with Crippen LogP contribution in [0.15, 0.2) is 22.9 Å². The normalized spacial score (nSPS) is 11.0. The quantitative estimate of drug-likeness (QED) is 0.919. The molecular formula is C12H16BrN3S. The average Bonchev–Trinajstić information content (AvgIpc) is 2.84. The summed E-state index contributed by atoms with van der Waals surface area (Å²) in [6, 6.07) is 2.28. The molecule has 0 saturated carbocycles. The fourth-order valence-corrected chi connectivity index (χ4v) is 3.03. The molecule has 2 heterocycles. The van der Waals surface area contributed by atoms with E-state index in [1.165, 1.54) is 15.3 Å². The van der Waals surface area contributed by atoms with Gasteiger partial charge >= 0.3 is 0 Å². The largest absolute Gasteiger partial charge is 0.312 e.